The van der Waals surface area contributed by atoms with Crippen LogP contribution in [-0.4, -0.2) is 6.54 Å². The van der Waals surface area contributed by atoms with Crippen LogP contribution in [0.1, 0.15) is 37.8 Å². The summed E-state index contributed by atoms with van der Waals surface area (Å²) in [5.41, 5.74) is 3.72. The molecule has 2 aliphatic rings. The van der Waals surface area contributed by atoms with Gasteiger partial charge in [-0.05, 0) is 49.3 Å². The van der Waals surface area contributed by atoms with Crippen LogP contribution in [-0.2, 0) is 12.0 Å². The maximum Gasteiger partial charge on any atom is 0.0466 e. The van der Waals surface area contributed by atoms with Crippen LogP contribution in [0.5, 0.6) is 0 Å². The quantitative estimate of drug-likeness (QED) is 0.680. The van der Waals surface area contributed by atoms with Crippen molar-refractivity contribution < 1.29 is 0 Å². The summed E-state index contributed by atoms with van der Waals surface area (Å²) in [6, 6.07) is 8.94. The number of rotatable bonds is 0. The molecule has 0 amide bonds. The van der Waals surface area contributed by atoms with Crippen molar-refractivity contribution in [1.82, 2.24) is 5.32 Å². The molecule has 1 fully saturated rings. The first-order valence-electron chi connectivity index (χ1n) is 5.99. The van der Waals surface area contributed by atoms with Crippen molar-refractivity contribution in [2.24, 2.45) is 5.41 Å². The Morgan fingerprint density at radius 3 is 2.87 bits per heavy atom. The molecule has 1 aromatic carbocycles. The van der Waals surface area contributed by atoms with Crippen molar-refractivity contribution in [3.05, 3.63) is 35.4 Å². The van der Waals surface area contributed by atoms with Crippen LogP contribution in [0.3, 0.4) is 0 Å². The Morgan fingerprint density at radius 1 is 1.20 bits per heavy atom. The Bertz CT molecular complexity index is 398. The van der Waals surface area contributed by atoms with E-state index in [1.807, 2.05) is 0 Å². The molecular formula is C14H19N. The van der Waals surface area contributed by atoms with Crippen molar-refractivity contribution in [2.75, 3.05) is 6.54 Å². The van der Waals surface area contributed by atoms with Gasteiger partial charge in [-0.2, -0.15) is 0 Å². The predicted octanol–water partition coefficient (Wildman–Crippen LogP) is 2.85. The van der Waals surface area contributed by atoms with Crippen LogP contribution in [0, 0.1) is 5.41 Å². The van der Waals surface area contributed by atoms with Gasteiger partial charge in [-0.3, -0.25) is 0 Å². The molecule has 80 valence electrons. The van der Waals surface area contributed by atoms with Gasteiger partial charge in [0.25, 0.3) is 0 Å². The van der Waals surface area contributed by atoms with Gasteiger partial charge >= 0.3 is 0 Å². The number of fused-ring (bicyclic) bond motifs is 3. The SMILES string of the molecule is C[C@]12CCCN[C@@]1(C)c1ccccc1C2. The largest absolute Gasteiger partial charge is 0.307 e. The highest BCUT2D eigenvalue weighted by Crippen LogP contribution is 2.53. The zero-order chi connectivity index (χ0) is 10.5. The first-order valence-corrected chi connectivity index (χ1v) is 5.99. The molecule has 1 N–H and O–H groups in total. The van der Waals surface area contributed by atoms with Crippen molar-refractivity contribution in [3.63, 3.8) is 0 Å². The van der Waals surface area contributed by atoms with E-state index < -0.39 is 0 Å². The van der Waals surface area contributed by atoms with Crippen molar-refractivity contribution in [3.8, 4) is 0 Å². The summed E-state index contributed by atoms with van der Waals surface area (Å²) in [5, 5.41) is 3.75. The van der Waals surface area contributed by atoms with E-state index >= 15 is 0 Å². The van der Waals surface area contributed by atoms with E-state index in [1.165, 1.54) is 31.4 Å². The maximum atomic E-state index is 3.75. The first-order chi connectivity index (χ1) is 7.16. The molecule has 3 rings (SSSR count). The Labute approximate surface area is 91.9 Å². The number of benzene rings is 1. The fourth-order valence-electron chi connectivity index (χ4n) is 3.55. The summed E-state index contributed by atoms with van der Waals surface area (Å²) in [6.45, 7) is 6.00. The van der Waals surface area contributed by atoms with Crippen molar-refractivity contribution in [1.29, 1.82) is 0 Å². The standard InChI is InChI=1S/C14H19N/c1-13-8-5-9-15-14(13,2)12-7-4-3-6-11(12)10-13/h3-4,6-7,15H,5,8-10H2,1-2H3/t13-,14+/m1/s1. The fraction of sp³-hybridized carbons (Fsp3) is 0.571. The highest BCUT2D eigenvalue weighted by atomic mass is 15.0. The zero-order valence-corrected chi connectivity index (χ0v) is 9.64. The van der Waals surface area contributed by atoms with E-state index in [9.17, 15) is 0 Å². The summed E-state index contributed by atoms with van der Waals surface area (Å²) in [6.07, 6.45) is 3.91. The molecule has 1 nitrogen and oxygen atoms in total. The van der Waals surface area contributed by atoms with Gasteiger partial charge in [-0.1, -0.05) is 31.2 Å². The molecule has 2 atom stereocenters. The normalized spacial score (nSPS) is 38.5. The van der Waals surface area contributed by atoms with Crippen LogP contribution in [0.25, 0.3) is 0 Å². The van der Waals surface area contributed by atoms with Gasteiger partial charge < -0.3 is 5.32 Å². The molecule has 1 aromatic rings. The lowest BCUT2D eigenvalue weighted by Gasteiger charge is -2.46. The number of nitrogens with one attached hydrogen (secondary N) is 1. The second-order valence-electron chi connectivity index (χ2n) is 5.55. The van der Waals surface area contributed by atoms with Crippen molar-refractivity contribution in [2.45, 2.75) is 38.6 Å². The van der Waals surface area contributed by atoms with Gasteiger partial charge in [0, 0.05) is 5.54 Å². The van der Waals surface area contributed by atoms with Gasteiger partial charge in [-0.15, -0.1) is 0 Å². The lowest BCUT2D eigenvalue weighted by Crippen LogP contribution is -2.53. The third-order valence-electron chi connectivity index (χ3n) is 4.73. The lowest BCUT2D eigenvalue weighted by molar-refractivity contribution is 0.0887. The van der Waals surface area contributed by atoms with Crippen LogP contribution < -0.4 is 5.32 Å². The van der Waals surface area contributed by atoms with E-state index in [2.05, 4.69) is 43.4 Å². The molecule has 1 saturated heterocycles. The van der Waals surface area contributed by atoms with E-state index in [-0.39, 0.29) is 5.54 Å². The molecule has 1 heterocycles. The summed E-state index contributed by atoms with van der Waals surface area (Å²) >= 11 is 0. The summed E-state index contributed by atoms with van der Waals surface area (Å²) in [5.74, 6) is 0. The molecule has 15 heavy (non-hydrogen) atoms. The van der Waals surface area contributed by atoms with Crippen LogP contribution in [0.2, 0.25) is 0 Å². The Morgan fingerprint density at radius 2 is 2.00 bits per heavy atom. The fourth-order valence-corrected chi connectivity index (χ4v) is 3.55. The molecule has 0 spiro atoms. The minimum Gasteiger partial charge on any atom is -0.307 e. The third-order valence-corrected chi connectivity index (χ3v) is 4.73. The van der Waals surface area contributed by atoms with E-state index in [0.717, 1.165) is 0 Å². The minimum absolute atomic E-state index is 0.210. The summed E-state index contributed by atoms with van der Waals surface area (Å²) in [4.78, 5) is 0. The summed E-state index contributed by atoms with van der Waals surface area (Å²) < 4.78 is 0. The average Bonchev–Trinajstić information content (AvgIpc) is 2.47. The molecule has 1 aliphatic carbocycles. The Hall–Kier alpha value is -0.820. The van der Waals surface area contributed by atoms with Gasteiger partial charge in [0.15, 0.2) is 0 Å². The van der Waals surface area contributed by atoms with E-state index in [4.69, 9.17) is 0 Å². The predicted molar refractivity (Wildman–Crippen MR) is 62.8 cm³/mol. The highest BCUT2D eigenvalue weighted by molar-refractivity contribution is 5.42. The molecule has 0 unspecified atom stereocenters. The van der Waals surface area contributed by atoms with Crippen molar-refractivity contribution >= 4 is 0 Å². The van der Waals surface area contributed by atoms with E-state index in [1.54, 1.807) is 5.56 Å². The molecule has 0 aromatic heterocycles. The van der Waals surface area contributed by atoms with Gasteiger partial charge in [0.1, 0.15) is 0 Å². The van der Waals surface area contributed by atoms with Crippen LogP contribution in [0.15, 0.2) is 24.3 Å². The minimum atomic E-state index is 0.210. The zero-order valence-electron chi connectivity index (χ0n) is 9.64. The topological polar surface area (TPSA) is 12.0 Å². The molecular weight excluding hydrogens is 182 g/mol. The van der Waals surface area contributed by atoms with Gasteiger partial charge in [0.2, 0.25) is 0 Å². The number of hydrogen-bond donors (Lipinski definition) is 1. The molecule has 0 saturated carbocycles. The Kier molecular flexibility index (Phi) is 1.79. The van der Waals surface area contributed by atoms with Gasteiger partial charge in [0.05, 0.1) is 0 Å². The summed E-state index contributed by atoms with van der Waals surface area (Å²) in [7, 11) is 0. The third kappa shape index (κ3) is 1.07. The monoisotopic (exact) mass is 201 g/mol. The second-order valence-corrected chi connectivity index (χ2v) is 5.55. The molecule has 1 heteroatoms. The average molecular weight is 201 g/mol. The number of hydrogen-bond acceptors (Lipinski definition) is 1. The second kappa shape index (κ2) is 2.85. The van der Waals surface area contributed by atoms with Crippen LogP contribution >= 0.6 is 0 Å². The first kappa shape index (κ1) is 9.41. The lowest BCUT2D eigenvalue weighted by atomic mass is 9.67. The van der Waals surface area contributed by atoms with Crippen LogP contribution in [0.4, 0.5) is 0 Å². The number of piperidine rings is 1. The Balaban J connectivity index is 2.17. The highest BCUT2D eigenvalue weighted by Gasteiger charge is 2.52. The molecule has 0 radical (unpaired) electrons. The molecule has 1 aliphatic heterocycles. The smallest absolute Gasteiger partial charge is 0.0466 e. The van der Waals surface area contributed by atoms with Gasteiger partial charge in [-0.25, -0.2) is 0 Å². The van der Waals surface area contributed by atoms with E-state index in [0.29, 0.717) is 5.41 Å². The maximum absolute atomic E-state index is 3.75. The molecule has 0 bridgehead atoms.